The van der Waals surface area contributed by atoms with Crippen LogP contribution in [0.5, 0.6) is 0 Å². The van der Waals surface area contributed by atoms with Gasteiger partial charge in [0, 0.05) is 6.20 Å². The van der Waals surface area contributed by atoms with Crippen LogP contribution in [-0.4, -0.2) is 40.8 Å². The van der Waals surface area contributed by atoms with E-state index >= 15 is 0 Å². The molecular formula is C26H34N4O5. The first-order chi connectivity index (χ1) is 16.8. The molecule has 0 fully saturated rings. The number of hydrogen-bond acceptors (Lipinski definition) is 6. The topological polar surface area (TPSA) is 126 Å². The van der Waals surface area contributed by atoms with Crippen molar-refractivity contribution in [2.45, 2.75) is 65.3 Å². The molecule has 0 aliphatic rings. The van der Waals surface area contributed by atoms with Crippen LogP contribution in [0.2, 0.25) is 0 Å². The number of pyridine rings is 1. The highest BCUT2D eigenvalue weighted by atomic mass is 16.5. The van der Waals surface area contributed by atoms with Crippen LogP contribution in [0.15, 0.2) is 54.7 Å². The van der Waals surface area contributed by atoms with Crippen molar-refractivity contribution in [3.8, 4) is 0 Å². The van der Waals surface area contributed by atoms with E-state index in [0.29, 0.717) is 18.5 Å². The molecule has 1 heterocycles. The fourth-order valence-corrected chi connectivity index (χ4v) is 3.36. The summed E-state index contributed by atoms with van der Waals surface area (Å²) < 4.78 is 5.24. The molecule has 188 valence electrons. The summed E-state index contributed by atoms with van der Waals surface area (Å²) in [6.45, 7) is 5.84. The lowest BCUT2D eigenvalue weighted by Crippen LogP contribution is -2.54. The van der Waals surface area contributed by atoms with Gasteiger partial charge in [-0.15, -0.1) is 0 Å². The van der Waals surface area contributed by atoms with Gasteiger partial charge < -0.3 is 20.7 Å². The molecule has 1 aromatic carbocycles. The molecule has 35 heavy (non-hydrogen) atoms. The smallest absolute Gasteiger partial charge is 0.408 e. The van der Waals surface area contributed by atoms with Gasteiger partial charge in [-0.1, -0.05) is 63.6 Å². The number of amides is 3. The number of alkyl carbamates (subject to hydrolysis) is 1. The fourth-order valence-electron chi connectivity index (χ4n) is 3.36. The summed E-state index contributed by atoms with van der Waals surface area (Å²) in [7, 11) is 0. The predicted molar refractivity (Wildman–Crippen MR) is 131 cm³/mol. The van der Waals surface area contributed by atoms with Crippen LogP contribution in [0, 0.1) is 5.92 Å². The molecule has 0 unspecified atom stereocenters. The molecule has 9 nitrogen and oxygen atoms in total. The van der Waals surface area contributed by atoms with Crippen molar-refractivity contribution >= 4 is 23.7 Å². The summed E-state index contributed by atoms with van der Waals surface area (Å²) in [4.78, 5) is 54.6. The van der Waals surface area contributed by atoms with E-state index in [9.17, 15) is 19.2 Å². The van der Waals surface area contributed by atoms with Crippen molar-refractivity contribution in [1.82, 2.24) is 20.9 Å². The van der Waals surface area contributed by atoms with Crippen LogP contribution in [0.1, 0.15) is 51.3 Å². The molecule has 1 aromatic heterocycles. The summed E-state index contributed by atoms with van der Waals surface area (Å²) in [6, 6.07) is 12.5. The molecule has 0 saturated carbocycles. The number of aromatic nitrogens is 1. The van der Waals surface area contributed by atoms with Crippen LogP contribution in [0.3, 0.4) is 0 Å². The standard InChI is InChI=1S/C26H34N4O5/c1-4-10-21(23(31)25(33)28-16-20-13-8-9-14-27-20)29-24(32)22(15-18(2)3)30-26(34)35-17-19-11-6-5-7-12-19/h5-9,11-14,18,21-22H,4,10,15-17H2,1-3H3,(H,28,33)(H,29,32)(H,30,34)/t21-,22+/m0/s1. The van der Waals surface area contributed by atoms with Gasteiger partial charge in [0.25, 0.3) is 5.91 Å². The van der Waals surface area contributed by atoms with Crippen molar-refractivity contribution in [3.05, 3.63) is 66.0 Å². The van der Waals surface area contributed by atoms with Crippen LogP contribution in [-0.2, 0) is 32.3 Å². The van der Waals surface area contributed by atoms with Crippen molar-refractivity contribution in [3.63, 3.8) is 0 Å². The van der Waals surface area contributed by atoms with Gasteiger partial charge in [0.1, 0.15) is 12.6 Å². The Morgan fingerprint density at radius 2 is 1.66 bits per heavy atom. The SMILES string of the molecule is CCC[C@H](NC(=O)[C@@H](CC(C)C)NC(=O)OCc1ccccc1)C(=O)C(=O)NCc1ccccn1. The van der Waals surface area contributed by atoms with Crippen LogP contribution < -0.4 is 16.0 Å². The third kappa shape index (κ3) is 9.95. The van der Waals surface area contributed by atoms with Crippen molar-refractivity contribution in [2.75, 3.05) is 0 Å². The lowest BCUT2D eigenvalue weighted by molar-refractivity contribution is -0.140. The number of nitrogens with zero attached hydrogens (tertiary/aromatic N) is 1. The molecule has 0 aliphatic heterocycles. The van der Waals surface area contributed by atoms with Gasteiger partial charge in [0.05, 0.1) is 18.3 Å². The number of ether oxygens (including phenoxy) is 1. The van der Waals surface area contributed by atoms with Crippen molar-refractivity contribution in [1.29, 1.82) is 0 Å². The number of ketones is 1. The van der Waals surface area contributed by atoms with Gasteiger partial charge in [0.15, 0.2) is 0 Å². The Hall–Kier alpha value is -3.75. The van der Waals surface area contributed by atoms with Gasteiger partial charge in [-0.3, -0.25) is 19.4 Å². The number of carbonyl (C=O) groups excluding carboxylic acids is 4. The largest absolute Gasteiger partial charge is 0.445 e. The first-order valence-electron chi connectivity index (χ1n) is 11.8. The number of benzene rings is 1. The molecular weight excluding hydrogens is 448 g/mol. The van der Waals surface area contributed by atoms with Gasteiger partial charge in [-0.2, -0.15) is 0 Å². The Morgan fingerprint density at radius 1 is 0.943 bits per heavy atom. The molecule has 0 aliphatic carbocycles. The van der Waals surface area contributed by atoms with E-state index in [0.717, 1.165) is 5.56 Å². The van der Waals surface area contributed by atoms with E-state index in [1.165, 1.54) is 0 Å². The van der Waals surface area contributed by atoms with Crippen molar-refractivity contribution in [2.24, 2.45) is 5.92 Å². The van der Waals surface area contributed by atoms with E-state index in [2.05, 4.69) is 20.9 Å². The Labute approximate surface area is 206 Å². The average Bonchev–Trinajstić information content (AvgIpc) is 2.85. The third-order valence-electron chi connectivity index (χ3n) is 5.12. The number of Topliss-reactive ketones (excluding diaryl/α,β-unsaturated/α-hetero) is 1. The van der Waals surface area contributed by atoms with Gasteiger partial charge in [0.2, 0.25) is 11.7 Å². The Morgan fingerprint density at radius 3 is 2.29 bits per heavy atom. The molecule has 0 saturated heterocycles. The van der Waals surface area contributed by atoms with E-state index in [4.69, 9.17) is 4.74 Å². The maximum Gasteiger partial charge on any atom is 0.408 e. The average molecular weight is 483 g/mol. The third-order valence-corrected chi connectivity index (χ3v) is 5.12. The monoisotopic (exact) mass is 482 g/mol. The van der Waals surface area contributed by atoms with Gasteiger partial charge in [-0.05, 0) is 36.5 Å². The summed E-state index contributed by atoms with van der Waals surface area (Å²) in [5, 5.41) is 7.78. The second-order valence-corrected chi connectivity index (χ2v) is 8.61. The zero-order valence-electron chi connectivity index (χ0n) is 20.5. The normalized spacial score (nSPS) is 12.3. The van der Waals surface area contributed by atoms with Crippen molar-refractivity contribution < 1.29 is 23.9 Å². The lowest BCUT2D eigenvalue weighted by Gasteiger charge is -2.23. The Kier molecular flexibility index (Phi) is 11.4. The first kappa shape index (κ1) is 27.5. The molecule has 0 radical (unpaired) electrons. The fraction of sp³-hybridized carbons (Fsp3) is 0.423. The molecule has 3 N–H and O–H groups in total. The maximum absolute atomic E-state index is 13.0. The Bertz CT molecular complexity index is 966. The minimum Gasteiger partial charge on any atom is -0.445 e. The molecule has 2 aromatic rings. The number of rotatable bonds is 13. The quantitative estimate of drug-likeness (QED) is 0.377. The number of carbonyl (C=O) groups is 4. The first-order valence-corrected chi connectivity index (χ1v) is 11.8. The molecule has 0 spiro atoms. The highest BCUT2D eigenvalue weighted by Crippen LogP contribution is 2.08. The van der Waals surface area contributed by atoms with E-state index in [1.807, 2.05) is 51.1 Å². The van der Waals surface area contributed by atoms with E-state index < -0.39 is 35.8 Å². The minimum atomic E-state index is -1.01. The molecule has 2 atom stereocenters. The van der Waals surface area contributed by atoms with Gasteiger partial charge in [-0.25, -0.2) is 4.79 Å². The maximum atomic E-state index is 13.0. The predicted octanol–water partition coefficient (Wildman–Crippen LogP) is 2.89. The number of hydrogen-bond donors (Lipinski definition) is 3. The zero-order chi connectivity index (χ0) is 25.6. The van der Waals surface area contributed by atoms with E-state index in [1.54, 1.807) is 24.4 Å². The molecule has 3 amide bonds. The summed E-state index contributed by atoms with van der Waals surface area (Å²) in [5.74, 6) is -2.00. The van der Waals surface area contributed by atoms with Crippen LogP contribution >= 0.6 is 0 Å². The molecule has 0 bridgehead atoms. The molecule has 9 heteroatoms. The number of nitrogens with one attached hydrogen (secondary N) is 3. The second-order valence-electron chi connectivity index (χ2n) is 8.61. The Balaban J connectivity index is 1.97. The minimum absolute atomic E-state index is 0.0656. The van der Waals surface area contributed by atoms with Gasteiger partial charge >= 0.3 is 6.09 Å². The lowest BCUT2D eigenvalue weighted by atomic mass is 10.0. The zero-order valence-corrected chi connectivity index (χ0v) is 20.5. The summed E-state index contributed by atoms with van der Waals surface area (Å²) in [5.41, 5.74) is 1.43. The summed E-state index contributed by atoms with van der Waals surface area (Å²) in [6.07, 6.45) is 2.06. The highest BCUT2D eigenvalue weighted by Gasteiger charge is 2.30. The second kappa shape index (κ2) is 14.5. The summed E-state index contributed by atoms with van der Waals surface area (Å²) >= 11 is 0. The highest BCUT2D eigenvalue weighted by molar-refractivity contribution is 6.38. The van der Waals surface area contributed by atoms with Crippen LogP contribution in [0.4, 0.5) is 4.79 Å². The van der Waals surface area contributed by atoms with E-state index in [-0.39, 0.29) is 25.5 Å². The molecule has 2 rings (SSSR count). The van der Waals surface area contributed by atoms with Crippen LogP contribution in [0.25, 0.3) is 0 Å².